The van der Waals surface area contributed by atoms with Crippen molar-refractivity contribution in [3.8, 4) is 11.5 Å². The van der Waals surface area contributed by atoms with Crippen LogP contribution in [0, 0.1) is 5.41 Å². The van der Waals surface area contributed by atoms with Crippen LogP contribution in [0.5, 0.6) is 11.5 Å². The van der Waals surface area contributed by atoms with Crippen molar-refractivity contribution in [3.63, 3.8) is 0 Å². The fourth-order valence-electron chi connectivity index (χ4n) is 6.98. The number of methoxy groups -OCH3 is 2. The van der Waals surface area contributed by atoms with Gasteiger partial charge in [0.15, 0.2) is 28.8 Å². The first-order valence-electron chi connectivity index (χ1n) is 13.5. The number of Topliss-reactive ketones (excluding diaryl/α,β-unsaturated/α-hetero) is 3. The maximum absolute atomic E-state index is 14.8. The number of fused-ring (bicyclic) bond motifs is 5. The monoisotopic (exact) mass is 576 g/mol. The van der Waals surface area contributed by atoms with Gasteiger partial charge in [0.2, 0.25) is 0 Å². The molecule has 1 spiro atoms. The SMILES string of the molecule is COc1ccc([C@@H]2[C@@H](C(=O)c3ccc(Cl)cc3)N3N=Cc4ccccc4[C@@H]3C23C(=O)c2ccccc2C3=O)cc1OC. The second-order valence-electron chi connectivity index (χ2n) is 10.6. The lowest BCUT2D eigenvalue weighted by Crippen LogP contribution is -2.43. The third-order valence-corrected chi connectivity index (χ3v) is 8.99. The van der Waals surface area contributed by atoms with Gasteiger partial charge in [-0.1, -0.05) is 66.2 Å². The van der Waals surface area contributed by atoms with Crippen LogP contribution in [0.25, 0.3) is 0 Å². The second kappa shape index (κ2) is 9.67. The summed E-state index contributed by atoms with van der Waals surface area (Å²) in [5.74, 6) is -0.927. The van der Waals surface area contributed by atoms with E-state index in [9.17, 15) is 14.4 Å². The van der Waals surface area contributed by atoms with E-state index in [1.54, 1.807) is 78.0 Å². The molecular weight excluding hydrogens is 552 g/mol. The Hall–Kier alpha value is -4.75. The molecule has 7 rings (SSSR count). The quantitative estimate of drug-likeness (QED) is 0.209. The smallest absolute Gasteiger partial charge is 0.187 e. The van der Waals surface area contributed by atoms with Crippen molar-refractivity contribution >= 4 is 35.2 Å². The van der Waals surface area contributed by atoms with E-state index in [-0.39, 0.29) is 17.3 Å². The minimum absolute atomic E-state index is 0.276. The predicted octanol–water partition coefficient (Wildman–Crippen LogP) is 6.16. The number of carbonyl (C=O) groups is 3. The summed E-state index contributed by atoms with van der Waals surface area (Å²) in [5, 5.41) is 6.94. The van der Waals surface area contributed by atoms with Crippen LogP contribution in [0.1, 0.15) is 59.7 Å². The molecule has 0 radical (unpaired) electrons. The zero-order valence-electron chi connectivity index (χ0n) is 22.8. The molecule has 2 heterocycles. The van der Waals surface area contributed by atoms with Gasteiger partial charge in [-0.05, 0) is 53.1 Å². The first kappa shape index (κ1) is 26.2. The van der Waals surface area contributed by atoms with Crippen LogP contribution in [0.2, 0.25) is 5.02 Å². The summed E-state index contributed by atoms with van der Waals surface area (Å²) in [5.41, 5.74) is 1.56. The Morgan fingerprint density at radius 2 is 1.48 bits per heavy atom. The Kier molecular flexibility index (Phi) is 6.02. The van der Waals surface area contributed by atoms with Gasteiger partial charge in [-0.25, -0.2) is 0 Å². The molecule has 3 aliphatic rings. The maximum Gasteiger partial charge on any atom is 0.187 e. The van der Waals surface area contributed by atoms with E-state index in [1.165, 1.54) is 14.2 Å². The number of rotatable bonds is 5. The third kappa shape index (κ3) is 3.46. The van der Waals surface area contributed by atoms with Gasteiger partial charge < -0.3 is 9.47 Å². The molecule has 1 aliphatic carbocycles. The van der Waals surface area contributed by atoms with Gasteiger partial charge in [-0.3, -0.25) is 19.4 Å². The molecule has 0 bridgehead atoms. The van der Waals surface area contributed by atoms with E-state index < -0.39 is 23.4 Å². The number of ketones is 3. The van der Waals surface area contributed by atoms with Crippen molar-refractivity contribution < 1.29 is 23.9 Å². The molecule has 0 N–H and O–H groups in total. The molecule has 0 unspecified atom stereocenters. The number of ether oxygens (including phenoxy) is 2. The number of halogens is 1. The van der Waals surface area contributed by atoms with E-state index in [2.05, 4.69) is 0 Å². The van der Waals surface area contributed by atoms with Gasteiger partial charge in [-0.15, -0.1) is 0 Å². The molecule has 2 aliphatic heterocycles. The van der Waals surface area contributed by atoms with Crippen molar-refractivity contribution in [2.24, 2.45) is 10.5 Å². The molecule has 42 heavy (non-hydrogen) atoms. The van der Waals surface area contributed by atoms with Gasteiger partial charge in [0, 0.05) is 27.6 Å². The second-order valence-corrected chi connectivity index (χ2v) is 11.1. The van der Waals surface area contributed by atoms with Crippen LogP contribution in [0.4, 0.5) is 0 Å². The fraction of sp³-hybridized carbons (Fsp3) is 0.176. The van der Waals surface area contributed by atoms with Crippen LogP contribution in [0.3, 0.4) is 0 Å². The van der Waals surface area contributed by atoms with Crippen LogP contribution in [-0.4, -0.2) is 48.8 Å². The number of hydrazone groups is 1. The number of nitrogens with zero attached hydrogens (tertiary/aromatic N) is 2. The molecule has 1 saturated heterocycles. The Morgan fingerprint density at radius 3 is 2.14 bits per heavy atom. The Balaban J connectivity index is 1.55. The highest BCUT2D eigenvalue weighted by Crippen LogP contribution is 2.65. The van der Waals surface area contributed by atoms with Gasteiger partial charge in [0.05, 0.1) is 26.5 Å². The van der Waals surface area contributed by atoms with Gasteiger partial charge in [-0.2, -0.15) is 5.10 Å². The molecule has 4 aromatic rings. The molecule has 4 aromatic carbocycles. The largest absolute Gasteiger partial charge is 0.493 e. The fourth-order valence-corrected chi connectivity index (χ4v) is 7.11. The zero-order chi connectivity index (χ0) is 29.2. The third-order valence-electron chi connectivity index (χ3n) is 8.74. The highest BCUT2D eigenvalue weighted by Gasteiger charge is 2.72. The number of benzene rings is 4. The Labute approximate surface area is 247 Å². The standard InChI is InChI=1S/C34H25ClN2O5/c1-41-26-16-13-20(17-27(26)42-2)28-29(30(38)19-11-14-22(35)15-12-19)37-31(23-8-4-3-7-21(23)18-36-37)34(28)32(39)24-9-5-6-10-25(24)33(34)40/h3-18,28-29,31H,1-2H3/t28-,29+,31-/m1/s1. The average Bonchev–Trinajstić information content (AvgIpc) is 3.46. The van der Waals surface area contributed by atoms with Gasteiger partial charge in [0.25, 0.3) is 0 Å². The molecule has 3 atom stereocenters. The van der Waals surface area contributed by atoms with E-state index in [0.717, 1.165) is 11.1 Å². The number of carbonyl (C=O) groups excluding carboxylic acids is 3. The molecule has 7 nitrogen and oxygen atoms in total. The van der Waals surface area contributed by atoms with Gasteiger partial charge >= 0.3 is 0 Å². The minimum atomic E-state index is -1.68. The molecule has 8 heteroatoms. The molecule has 0 aromatic heterocycles. The summed E-state index contributed by atoms with van der Waals surface area (Å²) in [4.78, 5) is 44.2. The van der Waals surface area contributed by atoms with Crippen molar-refractivity contribution in [2.45, 2.75) is 18.0 Å². The van der Waals surface area contributed by atoms with Crippen molar-refractivity contribution in [2.75, 3.05) is 14.2 Å². The lowest BCUT2D eigenvalue weighted by molar-refractivity contribution is 0.0586. The Morgan fingerprint density at radius 1 is 0.833 bits per heavy atom. The summed E-state index contributed by atoms with van der Waals surface area (Å²) < 4.78 is 11.1. The summed E-state index contributed by atoms with van der Waals surface area (Å²) >= 11 is 6.16. The van der Waals surface area contributed by atoms with Crippen molar-refractivity contribution in [3.05, 3.63) is 129 Å². The van der Waals surface area contributed by atoms with Gasteiger partial charge in [0.1, 0.15) is 11.5 Å². The van der Waals surface area contributed by atoms with E-state index >= 15 is 0 Å². The molecule has 208 valence electrons. The molecule has 1 fully saturated rings. The van der Waals surface area contributed by atoms with Crippen molar-refractivity contribution in [1.82, 2.24) is 5.01 Å². The lowest BCUT2D eigenvalue weighted by atomic mass is 9.63. The van der Waals surface area contributed by atoms with Crippen LogP contribution in [-0.2, 0) is 0 Å². The Bertz CT molecular complexity index is 1780. The lowest BCUT2D eigenvalue weighted by Gasteiger charge is -2.36. The zero-order valence-corrected chi connectivity index (χ0v) is 23.5. The molecule has 0 amide bonds. The number of hydrogen-bond donors (Lipinski definition) is 0. The average molecular weight is 577 g/mol. The van der Waals surface area contributed by atoms with E-state index in [1.807, 2.05) is 24.3 Å². The molecular formula is C34H25ClN2O5. The van der Waals surface area contributed by atoms with E-state index in [4.69, 9.17) is 26.2 Å². The maximum atomic E-state index is 14.8. The normalized spacial score (nSPS) is 21.2. The minimum Gasteiger partial charge on any atom is -0.493 e. The van der Waals surface area contributed by atoms with E-state index in [0.29, 0.717) is 38.8 Å². The highest BCUT2D eigenvalue weighted by molar-refractivity contribution is 6.32. The van der Waals surface area contributed by atoms with Crippen molar-refractivity contribution in [1.29, 1.82) is 0 Å². The topological polar surface area (TPSA) is 85.3 Å². The van der Waals surface area contributed by atoms with Crippen LogP contribution >= 0.6 is 11.6 Å². The summed E-state index contributed by atoms with van der Waals surface area (Å²) in [6.07, 6.45) is 1.69. The highest BCUT2D eigenvalue weighted by atomic mass is 35.5. The number of hydrogen-bond acceptors (Lipinski definition) is 7. The summed E-state index contributed by atoms with van der Waals surface area (Å²) in [7, 11) is 3.06. The van der Waals surface area contributed by atoms with Crippen LogP contribution < -0.4 is 9.47 Å². The summed E-state index contributed by atoms with van der Waals surface area (Å²) in [6, 6.07) is 24.5. The predicted molar refractivity (Wildman–Crippen MR) is 158 cm³/mol. The molecule has 0 saturated carbocycles. The summed E-state index contributed by atoms with van der Waals surface area (Å²) in [6.45, 7) is 0. The first-order valence-corrected chi connectivity index (χ1v) is 13.9. The van der Waals surface area contributed by atoms with Crippen LogP contribution in [0.15, 0.2) is 96.1 Å². The first-order chi connectivity index (χ1) is 20.4.